The van der Waals surface area contributed by atoms with E-state index in [1.807, 2.05) is 0 Å². The van der Waals surface area contributed by atoms with Crippen molar-refractivity contribution in [2.45, 2.75) is 111 Å². The lowest BCUT2D eigenvalue weighted by Crippen LogP contribution is -2.30. The Labute approximate surface area is 332 Å². The number of rotatable bonds is 10. The Hall–Kier alpha value is -4.82. The summed E-state index contributed by atoms with van der Waals surface area (Å²) in [5.41, 5.74) is 13.2. The van der Waals surface area contributed by atoms with Gasteiger partial charge in [0.15, 0.2) is 0 Å². The molecular formula is C53H62N2. The summed E-state index contributed by atoms with van der Waals surface area (Å²) >= 11 is 0. The van der Waals surface area contributed by atoms with Crippen molar-refractivity contribution in [2.24, 2.45) is 10.8 Å². The highest BCUT2D eigenvalue weighted by atomic mass is 15.1. The monoisotopic (exact) mass is 726 g/mol. The molecule has 0 bridgehead atoms. The predicted octanol–water partition coefficient (Wildman–Crippen LogP) is 15.7. The van der Waals surface area contributed by atoms with Crippen LogP contribution in [-0.4, -0.2) is 0 Å². The van der Waals surface area contributed by atoms with E-state index in [-0.39, 0.29) is 16.2 Å². The van der Waals surface area contributed by atoms with E-state index < -0.39 is 0 Å². The number of aryl methyl sites for hydroxylation is 1. The Kier molecular flexibility index (Phi) is 11.3. The number of nitrogens with zero attached hydrogens (tertiary/aromatic N) is 2. The minimum Gasteiger partial charge on any atom is -0.311 e. The van der Waals surface area contributed by atoms with Crippen LogP contribution in [0.1, 0.15) is 121 Å². The van der Waals surface area contributed by atoms with Gasteiger partial charge in [-0.15, -0.1) is 0 Å². The molecule has 0 aliphatic heterocycles. The van der Waals surface area contributed by atoms with E-state index in [0.29, 0.717) is 5.92 Å². The first-order valence-corrected chi connectivity index (χ1v) is 20.8. The van der Waals surface area contributed by atoms with E-state index in [4.69, 9.17) is 0 Å². The zero-order chi connectivity index (χ0) is 38.6. The molecule has 1 unspecified atom stereocenters. The average Bonchev–Trinajstić information content (AvgIpc) is 3.19. The molecule has 0 radical (unpaired) electrons. The van der Waals surface area contributed by atoms with Crippen LogP contribution in [0.5, 0.6) is 0 Å². The third kappa shape index (κ3) is 8.70. The Balaban J connectivity index is 1.22. The van der Waals surface area contributed by atoms with E-state index in [2.05, 4.69) is 204 Å². The molecule has 2 heteroatoms. The highest BCUT2D eigenvalue weighted by Crippen LogP contribution is 2.48. The van der Waals surface area contributed by atoms with Crippen LogP contribution >= 0.6 is 0 Å². The second kappa shape index (κ2) is 16.1. The van der Waals surface area contributed by atoms with E-state index >= 15 is 0 Å². The van der Waals surface area contributed by atoms with Crippen molar-refractivity contribution in [2.75, 3.05) is 9.80 Å². The summed E-state index contributed by atoms with van der Waals surface area (Å²) in [5, 5.41) is 0. The number of para-hydroxylation sites is 1. The maximum absolute atomic E-state index is 2.42. The molecule has 0 heterocycles. The van der Waals surface area contributed by atoms with Gasteiger partial charge in [-0.2, -0.15) is 0 Å². The van der Waals surface area contributed by atoms with Crippen molar-refractivity contribution in [1.29, 1.82) is 0 Å². The number of allylic oxidation sites excluding steroid dienone is 3. The van der Waals surface area contributed by atoms with Crippen LogP contribution < -0.4 is 9.80 Å². The molecule has 5 aromatic rings. The first-order valence-electron chi connectivity index (χ1n) is 20.8. The van der Waals surface area contributed by atoms with Crippen LogP contribution in [0, 0.1) is 17.8 Å². The third-order valence-electron chi connectivity index (χ3n) is 12.0. The highest BCUT2D eigenvalue weighted by molar-refractivity contribution is 5.77. The second-order valence-electron chi connectivity index (χ2n) is 18.5. The summed E-state index contributed by atoms with van der Waals surface area (Å²) in [7, 11) is 0. The van der Waals surface area contributed by atoms with Gasteiger partial charge in [-0.1, -0.05) is 145 Å². The van der Waals surface area contributed by atoms with E-state index in [0.717, 1.165) is 19.3 Å². The van der Waals surface area contributed by atoms with E-state index in [1.165, 1.54) is 88.5 Å². The normalized spacial score (nSPS) is 16.3. The third-order valence-corrected chi connectivity index (χ3v) is 12.0. The Morgan fingerprint density at radius 1 is 0.545 bits per heavy atom. The van der Waals surface area contributed by atoms with Crippen molar-refractivity contribution < 1.29 is 0 Å². The fourth-order valence-corrected chi connectivity index (χ4v) is 9.08. The molecule has 1 atom stereocenters. The zero-order valence-electron chi connectivity index (χ0n) is 34.5. The smallest absolute Gasteiger partial charge is 0.0461 e. The van der Waals surface area contributed by atoms with Crippen molar-refractivity contribution >= 4 is 28.4 Å². The predicted molar refractivity (Wildman–Crippen MR) is 237 cm³/mol. The Bertz CT molecular complexity index is 2050. The summed E-state index contributed by atoms with van der Waals surface area (Å²) in [5.74, 6) is 0.485. The fraction of sp³-hybridized carbons (Fsp3) is 0.358. The Morgan fingerprint density at radius 3 is 1.53 bits per heavy atom. The molecule has 0 N–H and O–H groups in total. The molecule has 2 nitrogen and oxygen atoms in total. The standard InChI is InChI=1S/C53H62N2/c1-40-21-29-46(30-22-40)54(44-17-11-8-12-18-44)48-33-25-42(26-34-48)53(37-15-10-16-38-53)43-27-35-49(36-28-43)55(45-19-13-9-14-20-45)47-31-23-41(24-32-47)50(52(5,6)7)39-51(2,3)4/h9,11,13-14,17-36,50H,8,10,12,15-16,37-39H2,1-7H3. The maximum Gasteiger partial charge on any atom is 0.0461 e. The quantitative estimate of drug-likeness (QED) is 0.141. The van der Waals surface area contributed by atoms with Crippen LogP contribution in [0.3, 0.4) is 0 Å². The summed E-state index contributed by atoms with van der Waals surface area (Å²) < 4.78 is 0. The van der Waals surface area contributed by atoms with Gasteiger partial charge in [0.25, 0.3) is 0 Å². The highest BCUT2D eigenvalue weighted by Gasteiger charge is 2.36. The molecule has 7 rings (SSSR count). The van der Waals surface area contributed by atoms with Crippen LogP contribution in [0.4, 0.5) is 28.4 Å². The van der Waals surface area contributed by atoms with Gasteiger partial charge in [0.2, 0.25) is 0 Å². The van der Waals surface area contributed by atoms with Gasteiger partial charge < -0.3 is 9.80 Å². The molecule has 0 saturated heterocycles. The van der Waals surface area contributed by atoms with Gasteiger partial charge in [-0.05, 0) is 139 Å². The lowest BCUT2D eigenvalue weighted by molar-refractivity contribution is 0.229. The number of hydrogen-bond donors (Lipinski definition) is 0. The largest absolute Gasteiger partial charge is 0.311 e. The number of benzene rings is 5. The first kappa shape index (κ1) is 38.5. The van der Waals surface area contributed by atoms with E-state index in [1.54, 1.807) is 0 Å². The topological polar surface area (TPSA) is 6.48 Å². The molecule has 2 aliphatic rings. The fourth-order valence-electron chi connectivity index (χ4n) is 9.08. The van der Waals surface area contributed by atoms with Crippen LogP contribution in [0.2, 0.25) is 0 Å². The lowest BCUT2D eigenvalue weighted by Gasteiger charge is -2.39. The van der Waals surface area contributed by atoms with Crippen molar-refractivity contribution in [3.05, 3.63) is 174 Å². The van der Waals surface area contributed by atoms with Crippen molar-refractivity contribution in [3.8, 4) is 0 Å². The van der Waals surface area contributed by atoms with Gasteiger partial charge in [0.1, 0.15) is 0 Å². The second-order valence-corrected chi connectivity index (χ2v) is 18.5. The molecule has 0 amide bonds. The maximum atomic E-state index is 2.42. The summed E-state index contributed by atoms with van der Waals surface area (Å²) in [6.45, 7) is 16.4. The zero-order valence-corrected chi connectivity index (χ0v) is 34.5. The van der Waals surface area contributed by atoms with Gasteiger partial charge in [-0.25, -0.2) is 0 Å². The SMILES string of the molecule is Cc1ccc(N(C2=CCCC=C2)c2ccc(C3(c4ccc(N(c5ccccc5)c5ccc(C(CC(C)(C)C)C(C)(C)C)cc5)cc4)CCCCC3)cc2)cc1. The molecule has 0 spiro atoms. The first-order chi connectivity index (χ1) is 26.4. The minimum atomic E-state index is 0.00224. The number of anilines is 5. The summed E-state index contributed by atoms with van der Waals surface area (Å²) in [6, 6.07) is 48.3. The van der Waals surface area contributed by atoms with E-state index in [9.17, 15) is 0 Å². The van der Waals surface area contributed by atoms with Gasteiger partial charge in [-0.3, -0.25) is 0 Å². The molecule has 5 aromatic carbocycles. The summed E-state index contributed by atoms with van der Waals surface area (Å²) in [6.07, 6.45) is 16.5. The number of hydrogen-bond acceptors (Lipinski definition) is 2. The molecule has 1 saturated carbocycles. The average molecular weight is 727 g/mol. The van der Waals surface area contributed by atoms with Crippen LogP contribution in [0.15, 0.2) is 151 Å². The lowest BCUT2D eigenvalue weighted by atomic mass is 9.65. The van der Waals surface area contributed by atoms with Crippen molar-refractivity contribution in [3.63, 3.8) is 0 Å². The van der Waals surface area contributed by atoms with Crippen molar-refractivity contribution in [1.82, 2.24) is 0 Å². The van der Waals surface area contributed by atoms with Gasteiger partial charge in [0, 0.05) is 39.5 Å². The Morgan fingerprint density at radius 2 is 1.04 bits per heavy atom. The summed E-state index contributed by atoms with van der Waals surface area (Å²) in [4.78, 5) is 4.83. The van der Waals surface area contributed by atoms with Gasteiger partial charge >= 0.3 is 0 Å². The molecule has 0 aromatic heterocycles. The van der Waals surface area contributed by atoms with Crippen LogP contribution in [0.25, 0.3) is 0 Å². The minimum absolute atomic E-state index is 0.00224. The molecular weight excluding hydrogens is 665 g/mol. The molecule has 1 fully saturated rings. The molecule has 55 heavy (non-hydrogen) atoms. The van der Waals surface area contributed by atoms with Crippen LogP contribution in [-0.2, 0) is 5.41 Å². The van der Waals surface area contributed by atoms with Gasteiger partial charge in [0.05, 0.1) is 0 Å². The molecule has 284 valence electrons. The molecule has 2 aliphatic carbocycles.